The highest BCUT2D eigenvalue weighted by Crippen LogP contribution is 2.28. The molecule has 0 radical (unpaired) electrons. The molecule has 0 aromatic carbocycles. The topological polar surface area (TPSA) is 50.4 Å². The maximum atomic E-state index is 11.8. The summed E-state index contributed by atoms with van der Waals surface area (Å²) in [6.45, 7) is 2.00. The molecule has 2 N–H and O–H groups in total. The van der Waals surface area contributed by atoms with Crippen LogP contribution in [0.15, 0.2) is 0 Å². The number of hydrogen-bond donors (Lipinski definition) is 2. The molecule has 18 heavy (non-hydrogen) atoms. The van der Waals surface area contributed by atoms with E-state index < -0.39 is 0 Å². The zero-order chi connectivity index (χ0) is 12.8. The normalized spacial score (nSPS) is 29.4. The number of ether oxygens (including phenoxy) is 1. The Morgan fingerprint density at radius 3 is 2.78 bits per heavy atom. The summed E-state index contributed by atoms with van der Waals surface area (Å²) in [6.07, 6.45) is 7.82. The van der Waals surface area contributed by atoms with E-state index in [-0.39, 0.29) is 5.91 Å². The lowest BCUT2D eigenvalue weighted by atomic mass is 10.1. The highest BCUT2D eigenvalue weighted by molar-refractivity contribution is 7.99. The van der Waals surface area contributed by atoms with Crippen LogP contribution in [0.5, 0.6) is 0 Å². The molecule has 2 rings (SSSR count). The molecule has 2 atom stereocenters. The molecular weight excluding hydrogens is 248 g/mol. The van der Waals surface area contributed by atoms with Gasteiger partial charge in [0.05, 0.1) is 6.54 Å². The van der Waals surface area contributed by atoms with Crippen LogP contribution in [0.3, 0.4) is 0 Å². The molecule has 1 saturated carbocycles. The molecule has 2 unspecified atom stereocenters. The van der Waals surface area contributed by atoms with Crippen molar-refractivity contribution < 1.29 is 9.53 Å². The van der Waals surface area contributed by atoms with E-state index in [0.29, 0.717) is 23.9 Å². The number of rotatable bonds is 5. The van der Waals surface area contributed by atoms with Crippen molar-refractivity contribution in [2.45, 2.75) is 49.4 Å². The van der Waals surface area contributed by atoms with E-state index in [2.05, 4.69) is 16.9 Å². The van der Waals surface area contributed by atoms with Gasteiger partial charge in [0.25, 0.3) is 0 Å². The molecule has 0 bridgehead atoms. The molecule has 0 spiro atoms. The van der Waals surface area contributed by atoms with Crippen LogP contribution in [0.2, 0.25) is 0 Å². The van der Waals surface area contributed by atoms with Crippen molar-refractivity contribution in [1.29, 1.82) is 0 Å². The molecule has 0 aromatic heterocycles. The van der Waals surface area contributed by atoms with Crippen molar-refractivity contribution in [2.24, 2.45) is 0 Å². The third kappa shape index (κ3) is 4.14. The number of nitrogens with one attached hydrogen (secondary N) is 2. The average Bonchev–Trinajstić information content (AvgIpc) is 2.85. The fourth-order valence-electron chi connectivity index (χ4n) is 2.79. The lowest BCUT2D eigenvalue weighted by Crippen LogP contribution is -2.46. The van der Waals surface area contributed by atoms with E-state index in [1.807, 2.05) is 11.8 Å². The summed E-state index contributed by atoms with van der Waals surface area (Å²) in [4.78, 5) is 11.8. The molecule has 0 aromatic rings. The van der Waals surface area contributed by atoms with Crippen molar-refractivity contribution in [2.75, 3.05) is 26.0 Å². The van der Waals surface area contributed by atoms with E-state index in [4.69, 9.17) is 4.74 Å². The second-order valence-electron chi connectivity index (χ2n) is 5.15. The van der Waals surface area contributed by atoms with E-state index in [1.54, 1.807) is 0 Å². The van der Waals surface area contributed by atoms with Crippen molar-refractivity contribution in [3.8, 4) is 0 Å². The second-order valence-corrected chi connectivity index (χ2v) is 6.22. The van der Waals surface area contributed by atoms with Crippen LogP contribution < -0.4 is 10.6 Å². The predicted molar refractivity (Wildman–Crippen MR) is 74.9 cm³/mol. The molecule has 104 valence electrons. The predicted octanol–water partition coefficient (Wildman–Crippen LogP) is 1.16. The Labute approximate surface area is 114 Å². The zero-order valence-electron chi connectivity index (χ0n) is 11.1. The van der Waals surface area contributed by atoms with Gasteiger partial charge in [-0.05, 0) is 31.9 Å². The van der Waals surface area contributed by atoms with Crippen LogP contribution in [0.4, 0.5) is 0 Å². The Kier molecular flexibility index (Phi) is 5.79. The Bertz CT molecular complexity index is 270. The Morgan fingerprint density at radius 2 is 2.06 bits per heavy atom. The smallest absolute Gasteiger partial charge is 0.234 e. The van der Waals surface area contributed by atoms with Gasteiger partial charge in [-0.15, -0.1) is 0 Å². The third-order valence-corrected chi connectivity index (χ3v) is 5.04. The molecule has 4 nitrogen and oxygen atoms in total. The number of thioether (sulfide) groups is 1. The summed E-state index contributed by atoms with van der Waals surface area (Å²) in [6, 6.07) is 0.827. The first kappa shape index (κ1) is 14.2. The van der Waals surface area contributed by atoms with Crippen LogP contribution in [-0.4, -0.2) is 49.3 Å². The van der Waals surface area contributed by atoms with E-state index in [0.717, 1.165) is 26.1 Å². The summed E-state index contributed by atoms with van der Waals surface area (Å²) in [7, 11) is 0. The average molecular weight is 272 g/mol. The van der Waals surface area contributed by atoms with Gasteiger partial charge in [-0.3, -0.25) is 4.79 Å². The Balaban J connectivity index is 1.64. The minimum Gasteiger partial charge on any atom is -0.381 e. The number of hydrogen-bond acceptors (Lipinski definition) is 4. The summed E-state index contributed by atoms with van der Waals surface area (Å²) < 4.78 is 5.28. The van der Waals surface area contributed by atoms with Crippen LogP contribution in [0.25, 0.3) is 0 Å². The van der Waals surface area contributed by atoms with Crippen molar-refractivity contribution >= 4 is 17.7 Å². The van der Waals surface area contributed by atoms with Gasteiger partial charge in [-0.1, -0.05) is 6.42 Å². The minimum atomic E-state index is 0.133. The van der Waals surface area contributed by atoms with Crippen molar-refractivity contribution in [3.05, 3.63) is 0 Å². The summed E-state index contributed by atoms with van der Waals surface area (Å²) >= 11 is 1.92. The number of carbonyl (C=O) groups is 1. The molecule has 1 aliphatic carbocycles. The van der Waals surface area contributed by atoms with Crippen molar-refractivity contribution in [1.82, 2.24) is 10.6 Å². The van der Waals surface area contributed by atoms with Crippen LogP contribution in [0.1, 0.15) is 32.1 Å². The summed E-state index contributed by atoms with van der Waals surface area (Å²) in [5.41, 5.74) is 0. The van der Waals surface area contributed by atoms with Gasteiger partial charge in [0.2, 0.25) is 5.91 Å². The van der Waals surface area contributed by atoms with Crippen LogP contribution in [-0.2, 0) is 9.53 Å². The van der Waals surface area contributed by atoms with Gasteiger partial charge >= 0.3 is 0 Å². The van der Waals surface area contributed by atoms with Gasteiger partial charge in [0.1, 0.15) is 0 Å². The fourth-order valence-corrected chi connectivity index (χ4v) is 3.75. The zero-order valence-corrected chi connectivity index (χ0v) is 11.9. The first-order valence-corrected chi connectivity index (χ1v) is 8.21. The Morgan fingerprint density at radius 1 is 1.28 bits per heavy atom. The molecule has 1 saturated heterocycles. The highest BCUT2D eigenvalue weighted by atomic mass is 32.2. The van der Waals surface area contributed by atoms with Gasteiger partial charge in [-0.2, -0.15) is 11.8 Å². The largest absolute Gasteiger partial charge is 0.381 e. The SMILES string of the molecule is CSC1CCCC1NCC(=O)NC1CCOCC1. The quantitative estimate of drug-likeness (QED) is 0.788. The highest BCUT2D eigenvalue weighted by Gasteiger charge is 2.26. The van der Waals surface area contributed by atoms with Crippen LogP contribution >= 0.6 is 11.8 Å². The second kappa shape index (κ2) is 7.36. The number of carbonyl (C=O) groups excluding carboxylic acids is 1. The van der Waals surface area contributed by atoms with E-state index in [1.165, 1.54) is 19.3 Å². The fraction of sp³-hybridized carbons (Fsp3) is 0.923. The summed E-state index contributed by atoms with van der Waals surface area (Å²) in [5, 5.41) is 7.18. The maximum Gasteiger partial charge on any atom is 0.234 e. The number of amides is 1. The third-order valence-electron chi connectivity index (χ3n) is 3.87. The molecule has 2 aliphatic rings. The molecule has 5 heteroatoms. The molecule has 1 amide bonds. The lowest BCUT2D eigenvalue weighted by Gasteiger charge is -2.24. The van der Waals surface area contributed by atoms with E-state index in [9.17, 15) is 4.79 Å². The van der Waals surface area contributed by atoms with E-state index >= 15 is 0 Å². The molecular formula is C13H24N2O2S. The standard InChI is InChI=1S/C13H24N2O2S/c1-18-12-4-2-3-11(12)14-9-13(16)15-10-5-7-17-8-6-10/h10-12,14H,2-9H2,1H3,(H,15,16). The molecule has 1 heterocycles. The lowest BCUT2D eigenvalue weighted by molar-refractivity contribution is -0.121. The monoisotopic (exact) mass is 272 g/mol. The van der Waals surface area contributed by atoms with Gasteiger partial charge < -0.3 is 15.4 Å². The maximum absolute atomic E-state index is 11.8. The summed E-state index contributed by atoms with van der Waals surface area (Å²) in [5.74, 6) is 0.133. The first-order chi connectivity index (χ1) is 8.79. The van der Waals surface area contributed by atoms with Gasteiger partial charge in [0, 0.05) is 30.5 Å². The minimum absolute atomic E-state index is 0.133. The van der Waals surface area contributed by atoms with Gasteiger partial charge in [-0.25, -0.2) is 0 Å². The molecule has 1 aliphatic heterocycles. The van der Waals surface area contributed by atoms with Gasteiger partial charge in [0.15, 0.2) is 0 Å². The van der Waals surface area contributed by atoms with Crippen LogP contribution in [0, 0.1) is 0 Å². The van der Waals surface area contributed by atoms with Crippen molar-refractivity contribution in [3.63, 3.8) is 0 Å². The Hall–Kier alpha value is -0.260. The molecule has 2 fully saturated rings. The first-order valence-electron chi connectivity index (χ1n) is 6.93.